The standard InChI is InChI=1S/C25H20N4O8S/c1-35-17-8-6-16(7-9-17)27-22(30)14-28-24(31)21(38-25(28)32)13-15-5-10-19(20(12-15)36-2)37-23-18(29(33)34)4-3-11-26-23/h3-13H,14H2,1-2H3,(H,27,30)/b21-13-. The van der Waals surface area contributed by atoms with Crippen LogP contribution in [0, 0.1) is 10.1 Å². The SMILES string of the molecule is COc1ccc(NC(=O)CN2C(=O)S/C(=C\c3ccc(Oc4ncccc4[N+](=O)[O-])c(OC)c3)C2=O)cc1. The number of benzene rings is 2. The molecule has 0 atom stereocenters. The average Bonchev–Trinajstić information content (AvgIpc) is 3.17. The Morgan fingerprint density at radius 1 is 1.11 bits per heavy atom. The van der Waals surface area contributed by atoms with Crippen molar-refractivity contribution in [3.8, 4) is 23.1 Å². The first kappa shape index (κ1) is 26.2. The van der Waals surface area contributed by atoms with Gasteiger partial charge in [-0.25, -0.2) is 4.98 Å². The Labute approximate surface area is 220 Å². The molecular weight excluding hydrogens is 516 g/mol. The number of imide groups is 1. The van der Waals surface area contributed by atoms with Gasteiger partial charge in [0.05, 0.1) is 24.0 Å². The highest BCUT2D eigenvalue weighted by molar-refractivity contribution is 8.18. The summed E-state index contributed by atoms with van der Waals surface area (Å²) in [6.45, 7) is -0.451. The van der Waals surface area contributed by atoms with Crippen molar-refractivity contribution in [1.82, 2.24) is 9.88 Å². The summed E-state index contributed by atoms with van der Waals surface area (Å²) in [7, 11) is 2.91. The molecule has 4 rings (SSSR count). The molecule has 0 spiro atoms. The number of carbonyl (C=O) groups excluding carboxylic acids is 3. The molecule has 2 heterocycles. The van der Waals surface area contributed by atoms with Gasteiger partial charge in [0.2, 0.25) is 5.91 Å². The largest absolute Gasteiger partial charge is 0.497 e. The molecule has 0 aliphatic carbocycles. The number of carbonyl (C=O) groups is 3. The number of rotatable bonds is 9. The second-order valence-corrected chi connectivity index (χ2v) is 8.63. The molecule has 1 N–H and O–H groups in total. The molecule has 12 nitrogen and oxygen atoms in total. The van der Waals surface area contributed by atoms with E-state index < -0.39 is 28.5 Å². The number of aromatic nitrogens is 1. The predicted molar refractivity (Wildman–Crippen MR) is 138 cm³/mol. The Morgan fingerprint density at radius 3 is 2.55 bits per heavy atom. The van der Waals surface area contributed by atoms with Crippen LogP contribution in [0.2, 0.25) is 0 Å². The number of methoxy groups -OCH3 is 2. The van der Waals surface area contributed by atoms with Gasteiger partial charge in [-0.15, -0.1) is 0 Å². The average molecular weight is 537 g/mol. The molecule has 3 amide bonds. The Balaban J connectivity index is 1.47. The zero-order chi connectivity index (χ0) is 27.2. The van der Waals surface area contributed by atoms with Gasteiger partial charge >= 0.3 is 5.69 Å². The molecule has 1 aliphatic rings. The highest BCUT2D eigenvalue weighted by Crippen LogP contribution is 2.37. The fourth-order valence-electron chi connectivity index (χ4n) is 3.37. The van der Waals surface area contributed by atoms with Gasteiger partial charge in [0.15, 0.2) is 11.5 Å². The lowest BCUT2D eigenvalue weighted by atomic mass is 10.2. The van der Waals surface area contributed by atoms with Crippen LogP contribution in [0.5, 0.6) is 23.1 Å². The van der Waals surface area contributed by atoms with Gasteiger partial charge in [0, 0.05) is 18.0 Å². The number of ether oxygens (including phenoxy) is 3. The molecule has 1 aromatic heterocycles. The lowest BCUT2D eigenvalue weighted by Gasteiger charge is -2.12. The number of nitrogens with zero attached hydrogens (tertiary/aromatic N) is 3. The number of nitro groups is 1. The normalized spacial score (nSPS) is 13.9. The molecule has 38 heavy (non-hydrogen) atoms. The topological polar surface area (TPSA) is 150 Å². The summed E-state index contributed by atoms with van der Waals surface area (Å²) >= 11 is 0.700. The molecular formula is C25H20N4O8S. The first-order chi connectivity index (χ1) is 18.3. The third-order valence-electron chi connectivity index (χ3n) is 5.19. The third-order valence-corrected chi connectivity index (χ3v) is 6.10. The van der Waals surface area contributed by atoms with Crippen molar-refractivity contribution in [2.24, 2.45) is 0 Å². The van der Waals surface area contributed by atoms with Crippen molar-refractivity contribution in [3.63, 3.8) is 0 Å². The number of anilines is 1. The van der Waals surface area contributed by atoms with Gasteiger partial charge in [-0.3, -0.25) is 29.4 Å². The van der Waals surface area contributed by atoms with Crippen LogP contribution in [0.15, 0.2) is 65.7 Å². The molecule has 0 bridgehead atoms. The van der Waals surface area contributed by atoms with E-state index in [4.69, 9.17) is 14.2 Å². The number of hydrogen-bond acceptors (Lipinski definition) is 10. The molecule has 3 aromatic rings. The fourth-order valence-corrected chi connectivity index (χ4v) is 4.21. The first-order valence-corrected chi connectivity index (χ1v) is 11.7. The van der Waals surface area contributed by atoms with Crippen molar-refractivity contribution < 1.29 is 33.5 Å². The number of nitrogens with one attached hydrogen (secondary N) is 1. The van der Waals surface area contributed by atoms with Gasteiger partial charge < -0.3 is 19.5 Å². The fraction of sp³-hybridized carbons (Fsp3) is 0.120. The van der Waals surface area contributed by atoms with E-state index in [1.54, 1.807) is 30.3 Å². The van der Waals surface area contributed by atoms with E-state index in [2.05, 4.69) is 10.3 Å². The van der Waals surface area contributed by atoms with Crippen molar-refractivity contribution in [2.75, 3.05) is 26.1 Å². The van der Waals surface area contributed by atoms with E-state index in [9.17, 15) is 24.5 Å². The van der Waals surface area contributed by atoms with E-state index in [1.807, 2.05) is 0 Å². The summed E-state index contributed by atoms with van der Waals surface area (Å²) in [5.41, 5.74) is 0.671. The van der Waals surface area contributed by atoms with E-state index in [1.165, 1.54) is 50.8 Å². The van der Waals surface area contributed by atoms with E-state index in [0.717, 1.165) is 4.90 Å². The molecule has 0 saturated carbocycles. The zero-order valence-corrected chi connectivity index (χ0v) is 20.9. The second kappa shape index (κ2) is 11.4. The summed E-state index contributed by atoms with van der Waals surface area (Å²) in [4.78, 5) is 53.2. The minimum atomic E-state index is -0.617. The lowest BCUT2D eigenvalue weighted by Crippen LogP contribution is -2.36. The Morgan fingerprint density at radius 2 is 1.87 bits per heavy atom. The number of hydrogen-bond donors (Lipinski definition) is 1. The third kappa shape index (κ3) is 5.90. The van der Waals surface area contributed by atoms with Gasteiger partial charge in [-0.1, -0.05) is 6.07 Å². The van der Waals surface area contributed by atoms with Crippen LogP contribution in [0.25, 0.3) is 6.08 Å². The summed E-state index contributed by atoms with van der Waals surface area (Å²) in [6, 6.07) is 13.9. The van der Waals surface area contributed by atoms with Crippen molar-refractivity contribution in [2.45, 2.75) is 0 Å². The van der Waals surface area contributed by atoms with Crippen LogP contribution in [0.1, 0.15) is 5.56 Å². The number of amides is 3. The lowest BCUT2D eigenvalue weighted by molar-refractivity contribution is -0.386. The van der Waals surface area contributed by atoms with Crippen LogP contribution in [-0.4, -0.2) is 52.6 Å². The molecule has 194 valence electrons. The Bertz CT molecular complexity index is 1440. The molecule has 0 radical (unpaired) electrons. The van der Waals surface area contributed by atoms with Crippen LogP contribution in [0.4, 0.5) is 16.2 Å². The Kier molecular flexibility index (Phi) is 7.87. The van der Waals surface area contributed by atoms with Crippen molar-refractivity contribution >= 4 is 46.3 Å². The Hall–Kier alpha value is -4.91. The summed E-state index contributed by atoms with van der Waals surface area (Å²) in [5, 5.41) is 13.3. The van der Waals surface area contributed by atoms with Gasteiger partial charge in [-0.2, -0.15) is 0 Å². The van der Waals surface area contributed by atoms with Crippen molar-refractivity contribution in [3.05, 3.63) is 81.4 Å². The van der Waals surface area contributed by atoms with Crippen LogP contribution >= 0.6 is 11.8 Å². The van der Waals surface area contributed by atoms with E-state index >= 15 is 0 Å². The summed E-state index contributed by atoms with van der Waals surface area (Å²) < 4.78 is 16.0. The smallest absolute Gasteiger partial charge is 0.331 e. The highest BCUT2D eigenvalue weighted by Gasteiger charge is 2.36. The molecule has 1 aliphatic heterocycles. The first-order valence-electron chi connectivity index (χ1n) is 10.9. The minimum Gasteiger partial charge on any atom is -0.497 e. The molecule has 0 unspecified atom stereocenters. The highest BCUT2D eigenvalue weighted by atomic mass is 32.2. The minimum absolute atomic E-state index is 0.114. The predicted octanol–water partition coefficient (Wildman–Crippen LogP) is 4.47. The van der Waals surface area contributed by atoms with E-state index in [-0.39, 0.29) is 28.0 Å². The maximum Gasteiger partial charge on any atom is 0.331 e. The van der Waals surface area contributed by atoms with Gasteiger partial charge in [-0.05, 0) is 65.9 Å². The maximum atomic E-state index is 12.8. The summed E-state index contributed by atoms with van der Waals surface area (Å²) in [6.07, 6.45) is 2.83. The van der Waals surface area contributed by atoms with Gasteiger partial charge in [0.1, 0.15) is 12.3 Å². The van der Waals surface area contributed by atoms with Crippen LogP contribution in [-0.2, 0) is 9.59 Å². The monoisotopic (exact) mass is 536 g/mol. The van der Waals surface area contributed by atoms with Crippen LogP contribution < -0.4 is 19.5 Å². The molecule has 1 saturated heterocycles. The van der Waals surface area contributed by atoms with Crippen LogP contribution in [0.3, 0.4) is 0 Å². The second-order valence-electron chi connectivity index (χ2n) is 7.64. The van der Waals surface area contributed by atoms with Crippen molar-refractivity contribution in [1.29, 1.82) is 0 Å². The molecule has 13 heteroatoms. The quantitative estimate of drug-likeness (QED) is 0.236. The number of thioether (sulfide) groups is 1. The van der Waals surface area contributed by atoms with Gasteiger partial charge in [0.25, 0.3) is 17.0 Å². The number of pyridine rings is 1. The molecule has 2 aromatic carbocycles. The van der Waals surface area contributed by atoms with E-state index in [0.29, 0.717) is 28.8 Å². The molecule has 1 fully saturated rings. The zero-order valence-electron chi connectivity index (χ0n) is 20.1. The maximum absolute atomic E-state index is 12.8. The summed E-state index contributed by atoms with van der Waals surface area (Å²) in [5.74, 6) is -0.365.